The number of terminal acetylenes is 1. The van der Waals surface area contributed by atoms with Gasteiger partial charge >= 0.3 is 5.97 Å². The van der Waals surface area contributed by atoms with E-state index in [1.54, 1.807) is 24.3 Å². The third-order valence-corrected chi connectivity index (χ3v) is 2.14. The molecule has 0 spiro atoms. The highest BCUT2D eigenvalue weighted by molar-refractivity contribution is 5.88. The number of hydrogen-bond acceptors (Lipinski definition) is 2. The van der Waals surface area contributed by atoms with Gasteiger partial charge in [0.1, 0.15) is 0 Å². The molecule has 1 rings (SSSR count). The summed E-state index contributed by atoms with van der Waals surface area (Å²) in [6.07, 6.45) is 5.23. The highest BCUT2D eigenvalue weighted by Crippen LogP contribution is 2.14. The van der Waals surface area contributed by atoms with Crippen molar-refractivity contribution in [3.8, 4) is 12.3 Å². The molecule has 1 aromatic carbocycles. The molecule has 0 aliphatic heterocycles. The van der Waals surface area contributed by atoms with Crippen molar-refractivity contribution in [1.29, 1.82) is 0 Å². The van der Waals surface area contributed by atoms with Crippen LogP contribution in [0.3, 0.4) is 0 Å². The van der Waals surface area contributed by atoms with Crippen LogP contribution in [0.4, 0.5) is 5.69 Å². The van der Waals surface area contributed by atoms with Gasteiger partial charge in [-0.1, -0.05) is 5.92 Å². The topological polar surface area (TPSA) is 40.5 Å². The minimum atomic E-state index is -0.915. The smallest absolute Gasteiger partial charge is 0.335 e. The molecule has 0 aromatic heterocycles. The van der Waals surface area contributed by atoms with Gasteiger partial charge in [-0.25, -0.2) is 4.79 Å². The molecule has 15 heavy (non-hydrogen) atoms. The van der Waals surface area contributed by atoms with Crippen LogP contribution in [0.25, 0.3) is 0 Å². The van der Waals surface area contributed by atoms with Gasteiger partial charge in [-0.15, -0.1) is 6.42 Å². The fourth-order valence-corrected chi connectivity index (χ4v) is 1.31. The van der Waals surface area contributed by atoms with Crippen LogP contribution >= 0.6 is 0 Å². The molecule has 0 aliphatic rings. The maximum absolute atomic E-state index is 10.6. The minimum Gasteiger partial charge on any atom is -0.478 e. The van der Waals surface area contributed by atoms with Crippen LogP contribution in [-0.4, -0.2) is 24.2 Å². The summed E-state index contributed by atoms with van der Waals surface area (Å²) in [5.41, 5.74) is 1.23. The van der Waals surface area contributed by atoms with Crippen LogP contribution in [-0.2, 0) is 0 Å². The summed E-state index contributed by atoms with van der Waals surface area (Å²) < 4.78 is 0. The molecule has 0 saturated heterocycles. The van der Waals surface area contributed by atoms with Crippen molar-refractivity contribution in [3.05, 3.63) is 29.8 Å². The van der Waals surface area contributed by atoms with E-state index in [2.05, 4.69) is 5.92 Å². The first-order valence-electron chi connectivity index (χ1n) is 4.70. The van der Waals surface area contributed by atoms with Crippen molar-refractivity contribution in [3.63, 3.8) is 0 Å². The lowest BCUT2D eigenvalue weighted by molar-refractivity contribution is 0.0697. The van der Waals surface area contributed by atoms with E-state index in [9.17, 15) is 4.79 Å². The molecular formula is C12H13NO2. The number of anilines is 1. The molecule has 0 bridgehead atoms. The maximum atomic E-state index is 10.6. The number of carbonyl (C=O) groups is 1. The average molecular weight is 203 g/mol. The number of hydrogen-bond donors (Lipinski definition) is 1. The Kier molecular flexibility index (Phi) is 3.75. The van der Waals surface area contributed by atoms with Crippen LogP contribution in [0.15, 0.2) is 24.3 Å². The van der Waals surface area contributed by atoms with Gasteiger partial charge < -0.3 is 10.0 Å². The standard InChI is InChI=1S/C12H13NO2/c1-3-9-13(4-2)11-7-5-10(6-8-11)12(14)15/h1,5-8H,4,9H2,2H3,(H,14,15). The molecule has 0 heterocycles. The highest BCUT2D eigenvalue weighted by atomic mass is 16.4. The molecule has 0 atom stereocenters. The van der Waals surface area contributed by atoms with Crippen molar-refractivity contribution in [2.24, 2.45) is 0 Å². The Bertz CT molecular complexity index is 376. The monoisotopic (exact) mass is 203 g/mol. The first kappa shape index (κ1) is 11.1. The van der Waals surface area contributed by atoms with Gasteiger partial charge in [-0.2, -0.15) is 0 Å². The van der Waals surface area contributed by atoms with E-state index >= 15 is 0 Å². The normalized spacial score (nSPS) is 9.33. The summed E-state index contributed by atoms with van der Waals surface area (Å²) in [6.45, 7) is 3.34. The van der Waals surface area contributed by atoms with Crippen molar-refractivity contribution < 1.29 is 9.90 Å². The summed E-state index contributed by atoms with van der Waals surface area (Å²) in [6, 6.07) is 6.70. The number of benzene rings is 1. The van der Waals surface area contributed by atoms with Crippen LogP contribution in [0.5, 0.6) is 0 Å². The first-order valence-corrected chi connectivity index (χ1v) is 4.70. The van der Waals surface area contributed by atoms with E-state index in [1.807, 2.05) is 11.8 Å². The number of nitrogens with zero attached hydrogens (tertiary/aromatic N) is 1. The number of carboxylic acids is 1. The largest absolute Gasteiger partial charge is 0.478 e. The van der Waals surface area contributed by atoms with E-state index in [1.165, 1.54) is 0 Å². The lowest BCUT2D eigenvalue weighted by atomic mass is 10.2. The van der Waals surface area contributed by atoms with Crippen molar-refractivity contribution in [2.45, 2.75) is 6.92 Å². The van der Waals surface area contributed by atoms with Crippen LogP contribution in [0.1, 0.15) is 17.3 Å². The molecule has 0 saturated carbocycles. The molecule has 0 aliphatic carbocycles. The zero-order chi connectivity index (χ0) is 11.3. The maximum Gasteiger partial charge on any atom is 0.335 e. The van der Waals surface area contributed by atoms with Crippen LogP contribution in [0, 0.1) is 12.3 Å². The molecule has 1 aromatic rings. The van der Waals surface area contributed by atoms with Crippen molar-refractivity contribution in [1.82, 2.24) is 0 Å². The molecule has 3 nitrogen and oxygen atoms in total. The predicted octanol–water partition coefficient (Wildman–Crippen LogP) is 1.84. The van der Waals surface area contributed by atoms with Gasteiger partial charge in [0.05, 0.1) is 12.1 Å². The lowest BCUT2D eigenvalue weighted by Crippen LogP contribution is -2.22. The molecule has 1 N–H and O–H groups in total. The Morgan fingerprint density at radius 1 is 1.47 bits per heavy atom. The van der Waals surface area contributed by atoms with Crippen molar-refractivity contribution >= 4 is 11.7 Å². The second-order valence-electron chi connectivity index (χ2n) is 3.07. The van der Waals surface area contributed by atoms with E-state index in [0.717, 1.165) is 12.2 Å². The fraction of sp³-hybridized carbons (Fsp3) is 0.250. The van der Waals surface area contributed by atoms with Gasteiger partial charge in [0, 0.05) is 12.2 Å². The predicted molar refractivity (Wildman–Crippen MR) is 60.1 cm³/mol. The molecule has 0 amide bonds. The Balaban J connectivity index is 2.87. The quantitative estimate of drug-likeness (QED) is 0.759. The second kappa shape index (κ2) is 5.06. The first-order chi connectivity index (χ1) is 7.19. The van der Waals surface area contributed by atoms with Crippen molar-refractivity contribution in [2.75, 3.05) is 18.0 Å². The third-order valence-electron chi connectivity index (χ3n) is 2.14. The molecule has 3 heteroatoms. The molecule has 0 fully saturated rings. The molecule has 78 valence electrons. The van der Waals surface area contributed by atoms with Gasteiger partial charge in [0.15, 0.2) is 0 Å². The summed E-state index contributed by atoms with van der Waals surface area (Å²) in [5.74, 6) is 1.65. The summed E-state index contributed by atoms with van der Waals surface area (Å²) in [5, 5.41) is 8.73. The second-order valence-corrected chi connectivity index (χ2v) is 3.07. The van der Waals surface area contributed by atoms with Gasteiger partial charge in [-0.3, -0.25) is 0 Å². The Morgan fingerprint density at radius 3 is 2.47 bits per heavy atom. The van der Waals surface area contributed by atoms with E-state index in [4.69, 9.17) is 11.5 Å². The fourth-order valence-electron chi connectivity index (χ4n) is 1.31. The van der Waals surface area contributed by atoms with Crippen LogP contribution in [0.2, 0.25) is 0 Å². The Morgan fingerprint density at radius 2 is 2.07 bits per heavy atom. The average Bonchev–Trinajstić information content (AvgIpc) is 2.26. The van der Waals surface area contributed by atoms with E-state index < -0.39 is 5.97 Å². The number of rotatable bonds is 4. The molecule has 0 radical (unpaired) electrons. The molecular weight excluding hydrogens is 190 g/mol. The van der Waals surface area contributed by atoms with E-state index in [-0.39, 0.29) is 5.56 Å². The van der Waals surface area contributed by atoms with E-state index in [0.29, 0.717) is 6.54 Å². The third kappa shape index (κ3) is 2.75. The summed E-state index contributed by atoms with van der Waals surface area (Å²) >= 11 is 0. The minimum absolute atomic E-state index is 0.288. The lowest BCUT2D eigenvalue weighted by Gasteiger charge is -2.20. The van der Waals surface area contributed by atoms with Gasteiger partial charge in [0.2, 0.25) is 0 Å². The SMILES string of the molecule is C#CCN(CC)c1ccc(C(=O)O)cc1. The van der Waals surface area contributed by atoms with Gasteiger partial charge in [-0.05, 0) is 31.2 Å². The summed E-state index contributed by atoms with van der Waals surface area (Å²) in [4.78, 5) is 12.6. The molecule has 0 unspecified atom stereocenters. The number of carboxylic acid groups (broad SMARTS) is 1. The Hall–Kier alpha value is -1.95. The number of aromatic carboxylic acids is 1. The zero-order valence-electron chi connectivity index (χ0n) is 8.60. The summed E-state index contributed by atoms with van der Waals surface area (Å²) in [7, 11) is 0. The zero-order valence-corrected chi connectivity index (χ0v) is 8.60. The van der Waals surface area contributed by atoms with Gasteiger partial charge in [0.25, 0.3) is 0 Å². The van der Waals surface area contributed by atoms with Crippen LogP contribution < -0.4 is 4.90 Å². The highest BCUT2D eigenvalue weighted by Gasteiger charge is 2.05. The Labute approximate surface area is 89.3 Å².